The Morgan fingerprint density at radius 1 is 1.39 bits per heavy atom. The van der Waals surface area contributed by atoms with Gasteiger partial charge in [0.1, 0.15) is 23.7 Å². The number of thioether (sulfide) groups is 2. The summed E-state index contributed by atoms with van der Waals surface area (Å²) in [5.41, 5.74) is 10.1. The number of rotatable bonds is 12. The molecule has 4 heterocycles. The zero-order valence-corrected chi connectivity index (χ0v) is 24.2. The van der Waals surface area contributed by atoms with Gasteiger partial charge in [0.2, 0.25) is 11.7 Å². The molecule has 2 amide bonds. The minimum Gasteiger partial charge on any atom is -0.549 e. The zero-order chi connectivity index (χ0) is 29.9. The van der Waals surface area contributed by atoms with Crippen LogP contribution in [-0.2, 0) is 31.1 Å². The van der Waals surface area contributed by atoms with Crippen molar-refractivity contribution < 1.29 is 43.5 Å². The maximum absolute atomic E-state index is 13.0. The van der Waals surface area contributed by atoms with Gasteiger partial charge in [-0.15, -0.1) is 23.1 Å². The molecule has 3 atom stereocenters. The molecule has 0 aliphatic carbocycles. The van der Waals surface area contributed by atoms with Crippen molar-refractivity contribution in [1.82, 2.24) is 20.2 Å². The van der Waals surface area contributed by atoms with Gasteiger partial charge in [-0.25, -0.2) is 9.78 Å². The molecule has 2 aliphatic rings. The number of nitrogens with zero attached hydrogens (tertiary/aromatic N) is 5. The van der Waals surface area contributed by atoms with Gasteiger partial charge in [0.15, 0.2) is 17.5 Å². The van der Waals surface area contributed by atoms with Gasteiger partial charge in [-0.05, 0) is 23.7 Å². The number of nitrogens with one attached hydrogen (secondary N) is 1. The first-order chi connectivity index (χ1) is 19.5. The van der Waals surface area contributed by atoms with Gasteiger partial charge in [0.05, 0.1) is 19.1 Å². The molecule has 0 saturated carbocycles. The fourth-order valence-corrected chi connectivity index (χ4v) is 7.36. The van der Waals surface area contributed by atoms with E-state index >= 15 is 0 Å². The van der Waals surface area contributed by atoms with Crippen molar-refractivity contribution in [3.63, 3.8) is 0 Å². The van der Waals surface area contributed by atoms with Crippen LogP contribution in [0, 0.1) is 5.41 Å². The number of β-lactam (4-membered cyclic amide) rings is 1. The van der Waals surface area contributed by atoms with Crippen molar-refractivity contribution in [3.05, 3.63) is 17.1 Å². The van der Waals surface area contributed by atoms with Crippen LogP contribution in [0.3, 0.4) is 0 Å². The number of aliphatic carboxylic acids is 2. The summed E-state index contributed by atoms with van der Waals surface area (Å²) < 4.78 is 6.68. The number of oxime groups is 1. The molecule has 16 nitrogen and oxygen atoms in total. The molecule has 6 N–H and O–H groups in total. The van der Waals surface area contributed by atoms with E-state index in [1.54, 1.807) is 19.4 Å². The van der Waals surface area contributed by atoms with Gasteiger partial charge in [-0.2, -0.15) is 4.57 Å². The van der Waals surface area contributed by atoms with E-state index in [0.717, 1.165) is 23.1 Å². The summed E-state index contributed by atoms with van der Waals surface area (Å²) >= 11 is 3.37. The zero-order valence-electron chi connectivity index (χ0n) is 21.8. The number of thiazole rings is 1. The highest BCUT2D eigenvalue weighted by molar-refractivity contribution is 8.00. The number of nitrogens with two attached hydrogens (primary N) is 2. The van der Waals surface area contributed by atoms with Crippen LogP contribution >= 0.6 is 34.9 Å². The number of hydrogen-bond donors (Lipinski definition) is 4. The quantitative estimate of drug-likeness (QED) is 0.0482. The number of nitrogen functional groups attached to an aromatic ring is 2. The van der Waals surface area contributed by atoms with Gasteiger partial charge >= 0.3 is 11.1 Å². The molecule has 2 unspecified atom stereocenters. The maximum atomic E-state index is 13.0. The van der Waals surface area contributed by atoms with Crippen LogP contribution in [0.25, 0.3) is 0 Å². The number of fused-ring (bicyclic) bond motifs is 1. The topological polar surface area (TPSA) is 239 Å². The number of carboxylic acid groups (broad SMARTS) is 2. The average Bonchev–Trinajstić information content (AvgIpc) is 3.36. The number of carboxylic acids is 2. The number of ether oxygens (including phenoxy) is 1. The molecule has 0 radical (unpaired) electrons. The second-order valence-electron chi connectivity index (χ2n) is 8.95. The third kappa shape index (κ3) is 6.41. The van der Waals surface area contributed by atoms with Crippen LogP contribution < -0.4 is 31.2 Å². The van der Waals surface area contributed by atoms with Crippen molar-refractivity contribution in [2.45, 2.75) is 23.5 Å². The van der Waals surface area contributed by atoms with E-state index < -0.39 is 47.2 Å². The molecular weight excluding hydrogens is 600 g/mol. The van der Waals surface area contributed by atoms with Gasteiger partial charge in [0.25, 0.3) is 11.8 Å². The third-order valence-electron chi connectivity index (χ3n) is 6.06. The summed E-state index contributed by atoms with van der Waals surface area (Å²) in [5, 5.41) is 29.3. The highest BCUT2D eigenvalue weighted by Crippen LogP contribution is 2.44. The molecule has 2 aliphatic heterocycles. The highest BCUT2D eigenvalue weighted by atomic mass is 32.2. The van der Waals surface area contributed by atoms with Crippen molar-refractivity contribution in [1.29, 1.82) is 0 Å². The first-order valence-corrected chi connectivity index (χ1v) is 14.9. The van der Waals surface area contributed by atoms with Crippen LogP contribution in [-0.4, -0.2) is 92.1 Å². The highest BCUT2D eigenvalue weighted by Gasteiger charge is 2.56. The van der Waals surface area contributed by atoms with Crippen molar-refractivity contribution >= 4 is 75.3 Å². The summed E-state index contributed by atoms with van der Waals surface area (Å²) in [6, 6.07) is 0.439. The smallest absolute Gasteiger partial charge is 0.364 e. The Kier molecular flexibility index (Phi) is 9.08. The molecule has 4 rings (SSSR count). The lowest BCUT2D eigenvalue weighted by molar-refractivity contribution is -0.717. The van der Waals surface area contributed by atoms with E-state index in [2.05, 4.69) is 20.4 Å². The monoisotopic (exact) mass is 626 g/mol. The van der Waals surface area contributed by atoms with Crippen LogP contribution in [0.5, 0.6) is 5.88 Å². The lowest BCUT2D eigenvalue weighted by atomic mass is 9.89. The summed E-state index contributed by atoms with van der Waals surface area (Å²) in [6.45, 7) is 1.14. The standard InChI is InChI=1S/C22H26N8O8S3/c1-3-38-28-14(10-6-39-20(24)25-10)16(33)27-15-17(34)30-7-22(19(35)36,8-40-18(15)30)9-41-21-26-11(23)4-12(29(21)2)37-5-13(31)32/h4,6,15,18,23H,3,5,7-9H2,1-2H3,(H5,24,25,27,31,32,33,35,36)/t15?,18-,22?/m1/s1. The fourth-order valence-electron chi connectivity index (χ4n) is 3.98. The number of aromatic nitrogens is 3. The first-order valence-electron chi connectivity index (χ1n) is 12.0. The molecule has 2 fully saturated rings. The predicted molar refractivity (Wildman–Crippen MR) is 146 cm³/mol. The Hall–Kier alpha value is -3.84. The Labute approximate surface area is 245 Å². The molecule has 0 aromatic carbocycles. The normalized spacial score (nSPS) is 22.0. The van der Waals surface area contributed by atoms with Crippen molar-refractivity contribution in [3.8, 4) is 5.88 Å². The minimum atomic E-state index is -1.45. The SMILES string of the molecule is CCON=C(C(=O)NC1C(=O)N2CC(CSc3nc(N)cc(OCC(=O)O)[n+]3C)(C(=O)[O-])CS[C@H]12)c1csc(N)n1. The minimum absolute atomic E-state index is 0.0328. The molecule has 0 spiro atoms. The number of carbonyl (C=O) groups is 4. The Morgan fingerprint density at radius 3 is 2.78 bits per heavy atom. The Bertz CT molecular complexity index is 1400. The molecular formula is C22H26N8O8S3. The van der Waals surface area contributed by atoms with Crippen molar-refractivity contribution in [2.24, 2.45) is 17.6 Å². The number of carbonyl (C=O) groups excluding carboxylic acids is 3. The van der Waals surface area contributed by atoms with Crippen LogP contribution in [0.15, 0.2) is 21.8 Å². The predicted octanol–water partition coefficient (Wildman–Crippen LogP) is -2.34. The van der Waals surface area contributed by atoms with E-state index in [0.29, 0.717) is 0 Å². The largest absolute Gasteiger partial charge is 0.549 e. The van der Waals surface area contributed by atoms with Gasteiger partial charge in [-0.1, -0.05) is 5.16 Å². The molecule has 2 saturated heterocycles. The lowest BCUT2D eigenvalue weighted by Gasteiger charge is -2.55. The molecule has 2 aromatic heterocycles. The van der Waals surface area contributed by atoms with Crippen LogP contribution in [0.2, 0.25) is 0 Å². The molecule has 41 heavy (non-hydrogen) atoms. The number of amides is 2. The van der Waals surface area contributed by atoms with Gasteiger partial charge in [-0.3, -0.25) is 9.59 Å². The molecule has 2 aromatic rings. The second-order valence-corrected chi connectivity index (χ2v) is 11.9. The van der Waals surface area contributed by atoms with Gasteiger partial charge in [0, 0.05) is 28.8 Å². The first kappa shape index (κ1) is 30.1. The maximum Gasteiger partial charge on any atom is 0.364 e. The van der Waals surface area contributed by atoms with E-state index in [9.17, 15) is 24.3 Å². The summed E-state index contributed by atoms with van der Waals surface area (Å²) in [4.78, 5) is 63.9. The van der Waals surface area contributed by atoms with Crippen molar-refractivity contribution in [2.75, 3.05) is 42.7 Å². The number of anilines is 2. The summed E-state index contributed by atoms with van der Waals surface area (Å²) in [7, 11) is 1.57. The average molecular weight is 627 g/mol. The third-order valence-corrected chi connectivity index (χ3v) is 9.65. The summed E-state index contributed by atoms with van der Waals surface area (Å²) in [6.07, 6.45) is 0. The molecule has 220 valence electrons. The van der Waals surface area contributed by atoms with Crippen LogP contribution in [0.4, 0.5) is 10.9 Å². The van der Waals surface area contributed by atoms with Gasteiger partial charge < -0.3 is 46.3 Å². The fraction of sp³-hybridized carbons (Fsp3) is 0.455. The number of hydrogen-bond acceptors (Lipinski definition) is 15. The molecule has 19 heteroatoms. The van der Waals surface area contributed by atoms with Crippen LogP contribution in [0.1, 0.15) is 12.6 Å². The van der Waals surface area contributed by atoms with E-state index in [4.69, 9.17) is 26.1 Å². The Balaban J connectivity index is 1.44. The molecule has 0 bridgehead atoms. The van der Waals surface area contributed by atoms with E-state index in [-0.39, 0.29) is 58.0 Å². The van der Waals surface area contributed by atoms with E-state index in [1.165, 1.54) is 27.3 Å². The summed E-state index contributed by atoms with van der Waals surface area (Å²) in [5.74, 6) is -3.44. The lowest BCUT2D eigenvalue weighted by Crippen LogP contribution is -2.75. The van der Waals surface area contributed by atoms with E-state index in [1.807, 2.05) is 0 Å². The second kappa shape index (κ2) is 12.4. The Morgan fingerprint density at radius 2 is 2.15 bits per heavy atom.